The number of para-hydroxylation sites is 2. The molecule has 0 amide bonds. The zero-order valence-corrected chi connectivity index (χ0v) is 22.5. The number of benzene rings is 6. The first-order valence-electron chi connectivity index (χ1n) is 13.2. The van der Waals surface area contributed by atoms with Gasteiger partial charge in [0.1, 0.15) is 0 Å². The lowest BCUT2D eigenvalue weighted by Gasteiger charge is -2.08. The third kappa shape index (κ3) is 3.06. The van der Waals surface area contributed by atoms with Gasteiger partial charge in [-0.2, -0.15) is 0 Å². The van der Waals surface area contributed by atoms with Crippen LogP contribution < -0.4 is 0 Å². The minimum Gasteiger partial charge on any atom is -0.308 e. The van der Waals surface area contributed by atoms with Gasteiger partial charge in [-0.15, -0.1) is 22.7 Å². The molecule has 0 N–H and O–H groups in total. The van der Waals surface area contributed by atoms with E-state index in [0.717, 1.165) is 0 Å². The van der Waals surface area contributed by atoms with E-state index in [1.807, 2.05) is 22.7 Å². The van der Waals surface area contributed by atoms with Crippen LogP contribution in [-0.2, 0) is 0 Å². The molecule has 0 spiro atoms. The number of hydrogen-bond donors (Lipinski definition) is 0. The zero-order chi connectivity index (χ0) is 25.5. The van der Waals surface area contributed by atoms with Crippen LogP contribution in [0.5, 0.6) is 0 Å². The number of nitrogens with zero attached hydrogens (tertiary/aromatic N) is 1. The van der Waals surface area contributed by atoms with E-state index in [-0.39, 0.29) is 0 Å². The molecule has 0 aliphatic heterocycles. The zero-order valence-electron chi connectivity index (χ0n) is 20.9. The van der Waals surface area contributed by atoms with E-state index >= 15 is 0 Å². The summed E-state index contributed by atoms with van der Waals surface area (Å²) in [7, 11) is 0. The van der Waals surface area contributed by atoms with Crippen molar-refractivity contribution in [2.24, 2.45) is 0 Å². The van der Waals surface area contributed by atoms with Gasteiger partial charge in [-0.1, -0.05) is 91.0 Å². The van der Waals surface area contributed by atoms with E-state index in [9.17, 15) is 0 Å². The smallest absolute Gasteiger partial charge is 0.0727 e. The largest absolute Gasteiger partial charge is 0.308 e. The number of hydrogen-bond acceptors (Lipinski definition) is 2. The lowest BCUT2D eigenvalue weighted by atomic mass is 10.0. The highest BCUT2D eigenvalue weighted by Crippen LogP contribution is 2.44. The molecule has 9 rings (SSSR count). The van der Waals surface area contributed by atoms with Crippen molar-refractivity contribution in [3.8, 4) is 16.8 Å². The summed E-state index contributed by atoms with van der Waals surface area (Å²) in [5.41, 5.74) is 6.31. The fourth-order valence-corrected chi connectivity index (χ4v) is 8.64. The fourth-order valence-electron chi connectivity index (χ4n) is 6.22. The summed E-state index contributed by atoms with van der Waals surface area (Å²) in [5, 5.41) is 8.00. The topological polar surface area (TPSA) is 4.93 Å². The second-order valence-electron chi connectivity index (χ2n) is 10.2. The van der Waals surface area contributed by atoms with Crippen molar-refractivity contribution in [1.82, 2.24) is 4.57 Å². The normalized spacial score (nSPS) is 12.1. The number of rotatable bonds is 2. The number of aromatic nitrogens is 1. The lowest BCUT2D eigenvalue weighted by molar-refractivity contribution is 1.19. The van der Waals surface area contributed by atoms with Crippen molar-refractivity contribution in [2.75, 3.05) is 0 Å². The SMILES string of the molecule is c1ccc(-n2c3ccccc3c3sc4cc(-c5ccc6c(c5)sc5ccc7ccccc7c56)ccc4c32)cc1. The molecule has 0 radical (unpaired) electrons. The number of thiophene rings is 2. The fraction of sp³-hybridized carbons (Fsp3) is 0. The monoisotopic (exact) mass is 531 g/mol. The van der Waals surface area contributed by atoms with Crippen LogP contribution in [0.2, 0.25) is 0 Å². The molecular weight excluding hydrogens is 511 g/mol. The van der Waals surface area contributed by atoms with E-state index in [2.05, 4.69) is 132 Å². The highest BCUT2D eigenvalue weighted by Gasteiger charge is 2.18. The maximum Gasteiger partial charge on any atom is 0.0727 e. The maximum absolute atomic E-state index is 2.43. The molecule has 3 heterocycles. The number of fused-ring (bicyclic) bond motifs is 10. The first-order valence-corrected chi connectivity index (χ1v) is 14.8. The van der Waals surface area contributed by atoms with Crippen LogP contribution in [0.4, 0.5) is 0 Å². The van der Waals surface area contributed by atoms with E-state index < -0.39 is 0 Å². The molecule has 1 nitrogen and oxygen atoms in total. The molecule has 0 atom stereocenters. The second-order valence-corrected chi connectivity index (χ2v) is 12.3. The maximum atomic E-state index is 2.43. The van der Waals surface area contributed by atoms with Gasteiger partial charge in [0.25, 0.3) is 0 Å². The minimum absolute atomic E-state index is 1.20. The molecule has 0 saturated heterocycles. The van der Waals surface area contributed by atoms with Gasteiger partial charge in [0.05, 0.1) is 15.7 Å². The Balaban J connectivity index is 1.25. The highest BCUT2D eigenvalue weighted by atomic mass is 32.1. The van der Waals surface area contributed by atoms with Crippen molar-refractivity contribution < 1.29 is 0 Å². The van der Waals surface area contributed by atoms with Gasteiger partial charge in [-0.05, 0) is 58.3 Å². The van der Waals surface area contributed by atoms with Gasteiger partial charge >= 0.3 is 0 Å². The Kier molecular flexibility index (Phi) is 4.43. The van der Waals surface area contributed by atoms with Crippen molar-refractivity contribution in [3.63, 3.8) is 0 Å². The molecule has 0 saturated carbocycles. The Morgan fingerprint density at radius 3 is 2.00 bits per heavy atom. The Bertz CT molecular complexity index is 2390. The highest BCUT2D eigenvalue weighted by molar-refractivity contribution is 7.27. The van der Waals surface area contributed by atoms with E-state index in [1.54, 1.807) is 0 Å². The summed E-state index contributed by atoms with van der Waals surface area (Å²) in [6.07, 6.45) is 0. The van der Waals surface area contributed by atoms with Gasteiger partial charge < -0.3 is 4.57 Å². The summed E-state index contributed by atoms with van der Waals surface area (Å²) in [6, 6.07) is 46.7. The van der Waals surface area contributed by atoms with Gasteiger partial charge in [-0.25, -0.2) is 0 Å². The Morgan fingerprint density at radius 2 is 1.15 bits per heavy atom. The van der Waals surface area contributed by atoms with Crippen molar-refractivity contribution >= 4 is 84.8 Å². The summed E-state index contributed by atoms with van der Waals surface area (Å²) < 4.78 is 7.81. The van der Waals surface area contributed by atoms with Crippen LogP contribution in [0.1, 0.15) is 0 Å². The third-order valence-corrected chi connectivity index (χ3v) is 10.3. The predicted octanol–water partition coefficient (Wildman–Crippen LogP) is 11.2. The van der Waals surface area contributed by atoms with Crippen LogP contribution in [-0.4, -0.2) is 4.57 Å². The second kappa shape index (κ2) is 8.03. The molecule has 0 bridgehead atoms. The first-order chi connectivity index (χ1) is 19.3. The standard InChI is InChI=1S/C36H21NS2/c1-2-9-25(10-3-1)37-30-13-7-6-12-27(30)36-35(37)29-18-15-24(21-33(29)39-36)23-14-17-28-32(20-23)38-31-19-16-22-8-4-5-11-26(22)34(28)31/h1-21H. The van der Waals surface area contributed by atoms with E-state index in [0.29, 0.717) is 0 Å². The Hall–Kier alpha value is -4.44. The Labute approximate surface area is 232 Å². The summed E-state index contributed by atoms with van der Waals surface area (Å²) in [4.78, 5) is 0. The Morgan fingerprint density at radius 1 is 0.462 bits per heavy atom. The molecule has 0 aliphatic carbocycles. The van der Waals surface area contributed by atoms with Crippen LogP contribution >= 0.6 is 22.7 Å². The molecule has 0 unspecified atom stereocenters. The van der Waals surface area contributed by atoms with Gasteiger partial charge in [0.2, 0.25) is 0 Å². The molecule has 3 heteroatoms. The van der Waals surface area contributed by atoms with Gasteiger partial charge in [0, 0.05) is 41.3 Å². The van der Waals surface area contributed by atoms with Crippen LogP contribution in [0.25, 0.3) is 79.0 Å². The summed E-state index contributed by atoms with van der Waals surface area (Å²) in [6.45, 7) is 0. The molecule has 3 aromatic heterocycles. The van der Waals surface area contributed by atoms with Crippen LogP contribution in [0.15, 0.2) is 127 Å². The molecule has 9 aromatic rings. The summed E-state index contributed by atoms with van der Waals surface area (Å²) >= 11 is 3.80. The molecule has 182 valence electrons. The molecular formula is C36H21NS2. The van der Waals surface area contributed by atoms with Crippen molar-refractivity contribution in [2.45, 2.75) is 0 Å². The van der Waals surface area contributed by atoms with Crippen molar-refractivity contribution in [1.29, 1.82) is 0 Å². The summed E-state index contributed by atoms with van der Waals surface area (Å²) in [5.74, 6) is 0. The van der Waals surface area contributed by atoms with Gasteiger partial charge in [0.15, 0.2) is 0 Å². The molecule has 0 aliphatic rings. The van der Waals surface area contributed by atoms with Crippen LogP contribution in [0.3, 0.4) is 0 Å². The molecule has 0 fully saturated rings. The third-order valence-electron chi connectivity index (χ3n) is 7.99. The minimum atomic E-state index is 1.20. The van der Waals surface area contributed by atoms with E-state index in [4.69, 9.17) is 0 Å². The average Bonchev–Trinajstić information content (AvgIpc) is 3.65. The van der Waals surface area contributed by atoms with E-state index in [1.165, 1.54) is 79.0 Å². The predicted molar refractivity (Wildman–Crippen MR) is 172 cm³/mol. The first kappa shape index (κ1) is 21.5. The lowest BCUT2D eigenvalue weighted by Crippen LogP contribution is -1.92. The molecule has 6 aromatic carbocycles. The average molecular weight is 532 g/mol. The van der Waals surface area contributed by atoms with Crippen molar-refractivity contribution in [3.05, 3.63) is 127 Å². The van der Waals surface area contributed by atoms with Crippen LogP contribution in [0, 0.1) is 0 Å². The molecule has 39 heavy (non-hydrogen) atoms. The quantitative estimate of drug-likeness (QED) is 0.209. The van der Waals surface area contributed by atoms with Gasteiger partial charge in [-0.3, -0.25) is 0 Å².